The van der Waals surface area contributed by atoms with E-state index in [4.69, 9.17) is 0 Å². The van der Waals surface area contributed by atoms with Crippen LogP contribution < -0.4 is 10.6 Å². The predicted molar refractivity (Wildman–Crippen MR) is 170 cm³/mol. The Morgan fingerprint density at radius 3 is 1.80 bits per heavy atom. The van der Waals surface area contributed by atoms with Crippen LogP contribution in [0.2, 0.25) is 0 Å². The normalized spacial score (nSPS) is 10.6. The minimum atomic E-state index is -0.238. The van der Waals surface area contributed by atoms with Crippen LogP contribution in [-0.4, -0.2) is 4.98 Å². The van der Waals surface area contributed by atoms with Gasteiger partial charge in [0.15, 0.2) is 0 Å². The number of fused-ring (bicyclic) bond motifs is 1. The Kier molecular flexibility index (Phi) is 8.70. The third-order valence-electron chi connectivity index (χ3n) is 6.66. The molecule has 2 N–H and O–H groups in total. The van der Waals surface area contributed by atoms with Crippen molar-refractivity contribution in [3.05, 3.63) is 149 Å². The third kappa shape index (κ3) is 7.16. The molecule has 204 valence electrons. The first-order chi connectivity index (χ1) is 19.9. The van der Waals surface area contributed by atoms with Gasteiger partial charge in [-0.25, -0.2) is 8.78 Å². The Bertz CT molecular complexity index is 1780. The van der Waals surface area contributed by atoms with Gasteiger partial charge < -0.3 is 10.6 Å². The van der Waals surface area contributed by atoms with E-state index in [1.807, 2.05) is 49.6 Å². The van der Waals surface area contributed by atoms with Crippen molar-refractivity contribution < 1.29 is 8.78 Å². The molecule has 0 saturated carbocycles. The molecule has 0 saturated heterocycles. The highest BCUT2D eigenvalue weighted by Gasteiger charge is 2.07. The Morgan fingerprint density at radius 1 is 0.610 bits per heavy atom. The van der Waals surface area contributed by atoms with Gasteiger partial charge in [0.1, 0.15) is 11.6 Å². The zero-order chi connectivity index (χ0) is 28.8. The fourth-order valence-electron chi connectivity index (χ4n) is 4.38. The average Bonchev–Trinajstić information content (AvgIpc) is 2.98. The van der Waals surface area contributed by atoms with E-state index >= 15 is 0 Å². The number of hydrogen-bond donors (Lipinski definition) is 2. The first-order valence-corrected chi connectivity index (χ1v) is 13.9. The molecule has 0 atom stereocenters. The number of aryl methyl sites for hydroxylation is 2. The van der Waals surface area contributed by atoms with Gasteiger partial charge in [0.05, 0.1) is 0 Å². The summed E-state index contributed by atoms with van der Waals surface area (Å²) in [5.74, 6) is -0.464. The lowest BCUT2D eigenvalue weighted by molar-refractivity contribution is 0.627. The van der Waals surface area contributed by atoms with Gasteiger partial charge in [0.25, 0.3) is 0 Å². The number of nitrogens with one attached hydrogen (secondary N) is 2. The maximum absolute atomic E-state index is 13.1. The lowest BCUT2D eigenvalue weighted by Gasteiger charge is -2.13. The van der Waals surface area contributed by atoms with Crippen molar-refractivity contribution in [2.45, 2.75) is 13.8 Å². The Hall–Kier alpha value is -4.55. The molecule has 0 amide bonds. The van der Waals surface area contributed by atoms with E-state index in [1.54, 1.807) is 24.3 Å². The molecular formula is C35H28BrF2N3. The second kappa shape index (κ2) is 12.7. The average molecular weight is 609 g/mol. The highest BCUT2D eigenvalue weighted by atomic mass is 79.9. The van der Waals surface area contributed by atoms with Crippen molar-refractivity contribution in [3.8, 4) is 11.1 Å². The molecule has 0 aliphatic heterocycles. The minimum Gasteiger partial charge on any atom is -0.355 e. The molecular weight excluding hydrogens is 580 g/mol. The summed E-state index contributed by atoms with van der Waals surface area (Å²) in [5.41, 5.74) is 8.21. The van der Waals surface area contributed by atoms with E-state index in [9.17, 15) is 8.78 Å². The van der Waals surface area contributed by atoms with Crippen LogP contribution in [0.15, 0.2) is 126 Å². The molecule has 1 heterocycles. The fraction of sp³-hybridized carbons (Fsp3) is 0.0571. The van der Waals surface area contributed by atoms with Gasteiger partial charge in [-0.05, 0) is 103 Å². The molecule has 0 bridgehead atoms. The van der Waals surface area contributed by atoms with E-state index in [0.717, 1.165) is 54.9 Å². The number of benzene rings is 5. The van der Waals surface area contributed by atoms with Crippen molar-refractivity contribution in [2.75, 3.05) is 10.6 Å². The van der Waals surface area contributed by atoms with Crippen molar-refractivity contribution in [1.29, 1.82) is 0 Å². The van der Waals surface area contributed by atoms with Gasteiger partial charge in [-0.2, -0.15) is 0 Å². The Balaban J connectivity index is 0.000000182. The van der Waals surface area contributed by atoms with Crippen LogP contribution in [0.4, 0.5) is 31.5 Å². The van der Waals surface area contributed by atoms with Crippen LogP contribution in [0.1, 0.15) is 11.1 Å². The third-order valence-corrected chi connectivity index (χ3v) is 7.16. The molecule has 41 heavy (non-hydrogen) atoms. The molecule has 6 heteroatoms. The minimum absolute atomic E-state index is 0.225. The molecule has 1 aromatic heterocycles. The summed E-state index contributed by atoms with van der Waals surface area (Å²) in [6.45, 7) is 4.08. The number of hydrogen-bond acceptors (Lipinski definition) is 3. The molecule has 6 rings (SSSR count). The second-order valence-corrected chi connectivity index (χ2v) is 10.6. The molecule has 0 fully saturated rings. The standard InChI is InChI=1S/C22H17FN2.C13H11BrFN/c1-15-6-7-16(12-22(15)25-19-10-8-18(23)9-11-19)21-14-24-13-17-4-2-3-5-20(17)21;1-9-2-3-10(14)8-13(9)16-12-6-4-11(15)5-7-12/h2-14,25H,1H3;2-8,16H,1H3. The summed E-state index contributed by atoms with van der Waals surface area (Å²) in [7, 11) is 0. The Morgan fingerprint density at radius 2 is 1.17 bits per heavy atom. The van der Waals surface area contributed by atoms with Crippen LogP contribution in [0, 0.1) is 25.5 Å². The molecule has 3 nitrogen and oxygen atoms in total. The van der Waals surface area contributed by atoms with Crippen molar-refractivity contribution in [2.24, 2.45) is 0 Å². The van der Waals surface area contributed by atoms with E-state index in [0.29, 0.717) is 0 Å². The lowest BCUT2D eigenvalue weighted by atomic mass is 9.99. The molecule has 5 aromatic carbocycles. The number of anilines is 4. The van der Waals surface area contributed by atoms with E-state index in [1.165, 1.54) is 29.7 Å². The molecule has 0 radical (unpaired) electrons. The van der Waals surface area contributed by atoms with Crippen LogP contribution >= 0.6 is 15.9 Å². The first kappa shape index (κ1) is 28.0. The summed E-state index contributed by atoms with van der Waals surface area (Å²) in [5, 5.41) is 8.91. The molecule has 0 aliphatic carbocycles. The van der Waals surface area contributed by atoms with Crippen LogP contribution in [0.3, 0.4) is 0 Å². The highest BCUT2D eigenvalue weighted by Crippen LogP contribution is 2.32. The number of aromatic nitrogens is 1. The number of rotatable bonds is 5. The number of pyridine rings is 1. The largest absolute Gasteiger partial charge is 0.355 e. The number of halogens is 3. The molecule has 6 aromatic rings. The lowest BCUT2D eigenvalue weighted by Crippen LogP contribution is -1.94. The fourth-order valence-corrected chi connectivity index (χ4v) is 4.74. The zero-order valence-corrected chi connectivity index (χ0v) is 24.2. The summed E-state index contributed by atoms with van der Waals surface area (Å²) in [6.07, 6.45) is 3.78. The van der Waals surface area contributed by atoms with Gasteiger partial charge in [0, 0.05) is 50.6 Å². The first-order valence-electron chi connectivity index (χ1n) is 13.1. The van der Waals surface area contributed by atoms with Gasteiger partial charge >= 0.3 is 0 Å². The van der Waals surface area contributed by atoms with Crippen LogP contribution in [0.5, 0.6) is 0 Å². The summed E-state index contributed by atoms with van der Waals surface area (Å²) in [4.78, 5) is 4.37. The molecule has 0 spiro atoms. The van der Waals surface area contributed by atoms with E-state index in [2.05, 4.69) is 68.8 Å². The quantitative estimate of drug-likeness (QED) is 0.205. The van der Waals surface area contributed by atoms with E-state index in [-0.39, 0.29) is 11.6 Å². The summed E-state index contributed by atoms with van der Waals surface area (Å²) >= 11 is 3.42. The molecule has 0 unspecified atom stereocenters. The van der Waals surface area contributed by atoms with Crippen LogP contribution in [-0.2, 0) is 0 Å². The topological polar surface area (TPSA) is 37.0 Å². The van der Waals surface area contributed by atoms with Crippen molar-refractivity contribution >= 4 is 49.5 Å². The van der Waals surface area contributed by atoms with Gasteiger partial charge in [0.2, 0.25) is 0 Å². The summed E-state index contributed by atoms with van der Waals surface area (Å²) in [6, 6.07) is 33.3. The van der Waals surface area contributed by atoms with Gasteiger partial charge in [-0.15, -0.1) is 0 Å². The number of nitrogens with zero attached hydrogens (tertiary/aromatic N) is 1. The SMILES string of the molecule is Cc1ccc(-c2cncc3ccccc23)cc1Nc1ccc(F)cc1.Cc1ccc(Br)cc1Nc1ccc(F)cc1. The second-order valence-electron chi connectivity index (χ2n) is 9.66. The monoisotopic (exact) mass is 607 g/mol. The smallest absolute Gasteiger partial charge is 0.123 e. The zero-order valence-electron chi connectivity index (χ0n) is 22.6. The predicted octanol–water partition coefficient (Wildman–Crippen LogP) is 10.7. The Labute approximate surface area is 247 Å². The molecule has 0 aliphatic rings. The van der Waals surface area contributed by atoms with Crippen molar-refractivity contribution in [3.63, 3.8) is 0 Å². The maximum Gasteiger partial charge on any atom is 0.123 e. The van der Waals surface area contributed by atoms with Crippen molar-refractivity contribution in [1.82, 2.24) is 4.98 Å². The summed E-state index contributed by atoms with van der Waals surface area (Å²) < 4.78 is 26.9. The van der Waals surface area contributed by atoms with Gasteiger partial charge in [-0.1, -0.05) is 58.4 Å². The highest BCUT2D eigenvalue weighted by molar-refractivity contribution is 9.10. The maximum atomic E-state index is 13.1. The van der Waals surface area contributed by atoms with E-state index < -0.39 is 0 Å². The van der Waals surface area contributed by atoms with Gasteiger partial charge in [-0.3, -0.25) is 4.98 Å². The van der Waals surface area contributed by atoms with Crippen LogP contribution in [0.25, 0.3) is 21.9 Å².